The summed E-state index contributed by atoms with van der Waals surface area (Å²) in [5.41, 5.74) is -0.111. The summed E-state index contributed by atoms with van der Waals surface area (Å²) < 4.78 is 19.6. The Morgan fingerprint density at radius 1 is 1.26 bits per heavy atom. The molecule has 0 unspecified atom stereocenters. The van der Waals surface area contributed by atoms with Gasteiger partial charge in [-0.2, -0.15) is 0 Å². The van der Waals surface area contributed by atoms with E-state index >= 15 is 0 Å². The van der Waals surface area contributed by atoms with Crippen molar-refractivity contribution in [3.8, 4) is 0 Å². The summed E-state index contributed by atoms with van der Waals surface area (Å²) >= 11 is 0. The van der Waals surface area contributed by atoms with E-state index in [2.05, 4.69) is 32.7 Å². The fraction of sp³-hybridized carbons (Fsp3) is 0.609. The number of piperidine rings is 1. The van der Waals surface area contributed by atoms with E-state index in [4.69, 9.17) is 4.74 Å². The molecule has 0 aliphatic carbocycles. The standard InChI is InChI=1S/C23H31FN4O3/c24-18-5-3-10-25-20(18)15-28-11-8-23(9-12-28)7-2-1-4-17-16-31-13-6-19(17)27-21(29)14-26-22(23)30/h1-3,5,10,17,19H,4,6-9,11-16H2,(H,26,30)(H,27,29)/t17-,19+/m0/s1. The van der Waals surface area contributed by atoms with Gasteiger partial charge in [0.1, 0.15) is 5.82 Å². The third-order valence-electron chi connectivity index (χ3n) is 6.85. The van der Waals surface area contributed by atoms with Gasteiger partial charge < -0.3 is 15.4 Å². The summed E-state index contributed by atoms with van der Waals surface area (Å²) in [6.45, 7) is 3.10. The van der Waals surface area contributed by atoms with Gasteiger partial charge in [0, 0.05) is 31.3 Å². The molecule has 2 amide bonds. The number of allylic oxidation sites excluding steroid dienone is 2. The molecule has 0 bridgehead atoms. The molecule has 1 aromatic rings. The number of rotatable bonds is 2. The molecule has 8 heteroatoms. The zero-order valence-electron chi connectivity index (χ0n) is 17.8. The zero-order valence-corrected chi connectivity index (χ0v) is 17.8. The predicted octanol–water partition coefficient (Wildman–Crippen LogP) is 1.79. The van der Waals surface area contributed by atoms with Crippen molar-refractivity contribution in [3.63, 3.8) is 0 Å². The first-order valence-corrected chi connectivity index (χ1v) is 11.2. The number of hydrogen-bond donors (Lipinski definition) is 2. The minimum atomic E-state index is -0.544. The second-order valence-corrected chi connectivity index (χ2v) is 8.88. The van der Waals surface area contributed by atoms with Crippen LogP contribution in [-0.2, 0) is 20.9 Å². The van der Waals surface area contributed by atoms with Crippen LogP contribution >= 0.6 is 0 Å². The van der Waals surface area contributed by atoms with Gasteiger partial charge in [-0.1, -0.05) is 12.2 Å². The van der Waals surface area contributed by atoms with E-state index in [-0.39, 0.29) is 36.1 Å². The lowest BCUT2D eigenvalue weighted by Gasteiger charge is -2.40. The third-order valence-corrected chi connectivity index (χ3v) is 6.85. The lowest BCUT2D eigenvalue weighted by atomic mass is 9.74. The number of pyridine rings is 1. The molecule has 3 aliphatic heterocycles. The second-order valence-electron chi connectivity index (χ2n) is 8.88. The molecule has 168 valence electrons. The van der Waals surface area contributed by atoms with Crippen LogP contribution in [0.2, 0.25) is 0 Å². The summed E-state index contributed by atoms with van der Waals surface area (Å²) in [5, 5.41) is 5.94. The van der Waals surface area contributed by atoms with E-state index in [0.29, 0.717) is 57.8 Å². The first-order valence-electron chi connectivity index (χ1n) is 11.2. The van der Waals surface area contributed by atoms with Crippen LogP contribution in [0, 0.1) is 17.2 Å². The first kappa shape index (κ1) is 21.9. The Hall–Kier alpha value is -2.32. The van der Waals surface area contributed by atoms with Gasteiger partial charge in [-0.25, -0.2) is 4.39 Å². The largest absolute Gasteiger partial charge is 0.381 e. The van der Waals surface area contributed by atoms with Crippen LogP contribution in [0.4, 0.5) is 4.39 Å². The summed E-state index contributed by atoms with van der Waals surface area (Å²) in [6, 6.07) is 3.10. The van der Waals surface area contributed by atoms with Gasteiger partial charge in [0.05, 0.1) is 24.3 Å². The van der Waals surface area contributed by atoms with Crippen molar-refractivity contribution in [2.24, 2.45) is 11.3 Å². The van der Waals surface area contributed by atoms with Gasteiger partial charge in [-0.3, -0.25) is 19.5 Å². The highest BCUT2D eigenvalue weighted by molar-refractivity contribution is 5.88. The number of fused-ring (bicyclic) bond motifs is 1. The molecule has 0 radical (unpaired) electrons. The Kier molecular flexibility index (Phi) is 6.97. The van der Waals surface area contributed by atoms with Crippen LogP contribution in [-0.4, -0.2) is 60.6 Å². The Morgan fingerprint density at radius 2 is 2.10 bits per heavy atom. The van der Waals surface area contributed by atoms with E-state index in [1.807, 2.05) is 0 Å². The van der Waals surface area contributed by atoms with Crippen molar-refractivity contribution in [1.29, 1.82) is 0 Å². The number of nitrogens with zero attached hydrogens (tertiary/aromatic N) is 2. The van der Waals surface area contributed by atoms with Crippen LogP contribution in [0.3, 0.4) is 0 Å². The number of hydrogen-bond acceptors (Lipinski definition) is 5. The second kappa shape index (κ2) is 9.87. The quantitative estimate of drug-likeness (QED) is 0.699. The number of amides is 2. The number of nitrogens with one attached hydrogen (secondary N) is 2. The van der Waals surface area contributed by atoms with Gasteiger partial charge in [-0.05, 0) is 57.3 Å². The highest BCUT2D eigenvalue weighted by Crippen LogP contribution is 2.36. The van der Waals surface area contributed by atoms with Gasteiger partial charge in [0.15, 0.2) is 0 Å². The Morgan fingerprint density at radius 3 is 2.90 bits per heavy atom. The molecule has 2 atom stereocenters. The van der Waals surface area contributed by atoms with Gasteiger partial charge in [0.2, 0.25) is 11.8 Å². The molecule has 31 heavy (non-hydrogen) atoms. The molecule has 3 aliphatic rings. The number of aromatic nitrogens is 1. The maximum atomic E-state index is 14.0. The summed E-state index contributed by atoms with van der Waals surface area (Å²) in [5.74, 6) is -0.256. The zero-order chi connectivity index (χ0) is 21.7. The number of halogens is 1. The minimum Gasteiger partial charge on any atom is -0.381 e. The molecule has 0 saturated carbocycles. The summed E-state index contributed by atoms with van der Waals surface area (Å²) in [7, 11) is 0. The van der Waals surface area contributed by atoms with Gasteiger partial charge in [-0.15, -0.1) is 0 Å². The summed E-state index contributed by atoms with van der Waals surface area (Å²) in [4.78, 5) is 31.8. The lowest BCUT2D eigenvalue weighted by molar-refractivity contribution is -0.136. The Balaban J connectivity index is 1.42. The van der Waals surface area contributed by atoms with Crippen LogP contribution in [0.25, 0.3) is 0 Å². The normalized spacial score (nSPS) is 27.5. The monoisotopic (exact) mass is 430 g/mol. The molecule has 2 fully saturated rings. The molecular formula is C23H31FN4O3. The molecule has 1 spiro atoms. The molecule has 7 nitrogen and oxygen atoms in total. The molecule has 2 N–H and O–H groups in total. The van der Waals surface area contributed by atoms with Crippen LogP contribution < -0.4 is 10.6 Å². The number of likely N-dealkylation sites (tertiary alicyclic amines) is 1. The number of carbonyl (C=O) groups is 2. The number of ether oxygens (including phenoxy) is 1. The van der Waals surface area contributed by atoms with Crippen molar-refractivity contribution in [3.05, 3.63) is 42.0 Å². The van der Waals surface area contributed by atoms with Crippen LogP contribution in [0.5, 0.6) is 0 Å². The van der Waals surface area contributed by atoms with Gasteiger partial charge >= 0.3 is 0 Å². The fourth-order valence-corrected chi connectivity index (χ4v) is 4.81. The van der Waals surface area contributed by atoms with Gasteiger partial charge in [0.25, 0.3) is 0 Å². The predicted molar refractivity (Wildman–Crippen MR) is 113 cm³/mol. The van der Waals surface area contributed by atoms with Crippen molar-refractivity contribution in [1.82, 2.24) is 20.5 Å². The molecule has 0 aromatic carbocycles. The maximum absolute atomic E-state index is 14.0. The van der Waals surface area contributed by atoms with Crippen LogP contribution in [0.15, 0.2) is 30.5 Å². The van der Waals surface area contributed by atoms with Crippen LogP contribution in [0.1, 0.15) is 37.8 Å². The Labute approximate surface area is 182 Å². The highest BCUT2D eigenvalue weighted by Gasteiger charge is 2.41. The van der Waals surface area contributed by atoms with Crippen molar-refractivity contribution >= 4 is 11.8 Å². The highest BCUT2D eigenvalue weighted by atomic mass is 19.1. The van der Waals surface area contributed by atoms with Crippen molar-refractivity contribution in [2.45, 2.75) is 44.7 Å². The first-order chi connectivity index (χ1) is 15.1. The molecule has 4 heterocycles. The maximum Gasteiger partial charge on any atom is 0.239 e. The lowest BCUT2D eigenvalue weighted by Crippen LogP contribution is -2.52. The molecule has 1 aromatic heterocycles. The topological polar surface area (TPSA) is 83.6 Å². The number of carbonyl (C=O) groups excluding carboxylic acids is 2. The van der Waals surface area contributed by atoms with Crippen molar-refractivity contribution in [2.75, 3.05) is 32.8 Å². The molecular weight excluding hydrogens is 399 g/mol. The van der Waals surface area contributed by atoms with E-state index in [1.165, 1.54) is 6.07 Å². The van der Waals surface area contributed by atoms with E-state index in [0.717, 1.165) is 12.8 Å². The summed E-state index contributed by atoms with van der Waals surface area (Å²) in [6.07, 6.45) is 9.44. The van der Waals surface area contributed by atoms with Crippen molar-refractivity contribution < 1.29 is 18.7 Å². The fourth-order valence-electron chi connectivity index (χ4n) is 4.81. The van der Waals surface area contributed by atoms with E-state index in [1.54, 1.807) is 12.3 Å². The van der Waals surface area contributed by atoms with E-state index in [9.17, 15) is 14.0 Å². The minimum absolute atomic E-state index is 0.00274. The molecule has 2 saturated heterocycles. The SMILES string of the molecule is O=C1CNC(=O)C2(CC=CC[C@H]3COCC[C@H]3N1)CCN(Cc1ncccc1F)CC2. The third kappa shape index (κ3) is 5.30. The molecule has 4 rings (SSSR count). The smallest absolute Gasteiger partial charge is 0.239 e. The average Bonchev–Trinajstić information content (AvgIpc) is 2.78. The average molecular weight is 431 g/mol. The van der Waals surface area contributed by atoms with E-state index < -0.39 is 5.41 Å². The Bertz CT molecular complexity index is 823.